The van der Waals surface area contributed by atoms with Crippen molar-refractivity contribution < 1.29 is 9.53 Å². The number of nitrogens with zero attached hydrogens (tertiary/aromatic N) is 4. The maximum absolute atomic E-state index is 12.8. The minimum absolute atomic E-state index is 0.0870. The normalized spacial score (nSPS) is 12.0. The lowest BCUT2D eigenvalue weighted by molar-refractivity contribution is 0.0526. The van der Waals surface area contributed by atoms with E-state index in [0.717, 1.165) is 5.82 Å². The molecule has 144 valence electrons. The molecule has 2 heterocycles. The predicted octanol–water partition coefficient (Wildman–Crippen LogP) is 2.65. The maximum atomic E-state index is 12.8. The summed E-state index contributed by atoms with van der Waals surface area (Å²) in [6, 6.07) is 0.137. The van der Waals surface area contributed by atoms with Crippen LogP contribution in [0.1, 0.15) is 59.8 Å². The lowest BCUT2D eigenvalue weighted by Crippen LogP contribution is -2.34. The standard InChI is InChI=1S/C18H29N5O3/c1-7-14-21-15-13(11-20-23(15)12(2)3)16(24)22(14)10-8-9-19-17(25)26-18(4,5)6/h11-12H,7-10H2,1-6H3,(H,19,25). The van der Waals surface area contributed by atoms with Crippen LogP contribution in [0.3, 0.4) is 0 Å². The van der Waals surface area contributed by atoms with Gasteiger partial charge in [0, 0.05) is 25.6 Å². The van der Waals surface area contributed by atoms with E-state index in [4.69, 9.17) is 4.74 Å². The quantitative estimate of drug-likeness (QED) is 0.797. The summed E-state index contributed by atoms with van der Waals surface area (Å²) in [5.41, 5.74) is 0.0167. The van der Waals surface area contributed by atoms with Crippen LogP contribution in [0.4, 0.5) is 4.79 Å². The van der Waals surface area contributed by atoms with Gasteiger partial charge in [0.05, 0.1) is 6.20 Å². The summed E-state index contributed by atoms with van der Waals surface area (Å²) in [5.74, 6) is 0.724. The number of carbonyl (C=O) groups is 1. The fourth-order valence-corrected chi connectivity index (χ4v) is 2.68. The fraction of sp³-hybridized carbons (Fsp3) is 0.667. The molecule has 2 aromatic heterocycles. The number of amides is 1. The third-order valence-corrected chi connectivity index (χ3v) is 3.82. The van der Waals surface area contributed by atoms with E-state index in [1.165, 1.54) is 0 Å². The second-order valence-corrected chi connectivity index (χ2v) is 7.54. The molecule has 0 saturated heterocycles. The van der Waals surface area contributed by atoms with Crippen LogP contribution in [0.15, 0.2) is 11.0 Å². The highest BCUT2D eigenvalue weighted by Crippen LogP contribution is 2.14. The Bertz CT molecular complexity index is 830. The van der Waals surface area contributed by atoms with Gasteiger partial charge in [0.1, 0.15) is 16.8 Å². The summed E-state index contributed by atoms with van der Waals surface area (Å²) >= 11 is 0. The van der Waals surface area contributed by atoms with Gasteiger partial charge in [0.2, 0.25) is 0 Å². The number of carbonyl (C=O) groups excluding carboxylic acids is 1. The molecule has 0 bridgehead atoms. The van der Waals surface area contributed by atoms with E-state index >= 15 is 0 Å². The number of aromatic nitrogens is 4. The van der Waals surface area contributed by atoms with Crippen LogP contribution in [0.5, 0.6) is 0 Å². The molecule has 0 saturated carbocycles. The molecular weight excluding hydrogens is 334 g/mol. The largest absolute Gasteiger partial charge is 0.444 e. The molecule has 0 aliphatic heterocycles. The number of alkyl carbamates (subject to hydrolysis) is 1. The van der Waals surface area contributed by atoms with Gasteiger partial charge >= 0.3 is 6.09 Å². The summed E-state index contributed by atoms with van der Waals surface area (Å²) in [7, 11) is 0. The van der Waals surface area contributed by atoms with E-state index in [0.29, 0.717) is 37.0 Å². The van der Waals surface area contributed by atoms with Crippen molar-refractivity contribution in [1.82, 2.24) is 24.6 Å². The molecule has 0 fully saturated rings. The van der Waals surface area contributed by atoms with Crippen LogP contribution in [0.2, 0.25) is 0 Å². The van der Waals surface area contributed by atoms with Gasteiger partial charge in [-0.1, -0.05) is 6.92 Å². The second-order valence-electron chi connectivity index (χ2n) is 7.54. The van der Waals surface area contributed by atoms with Gasteiger partial charge in [-0.2, -0.15) is 5.10 Å². The Kier molecular flexibility index (Phi) is 6.05. The molecule has 0 atom stereocenters. The topological polar surface area (TPSA) is 91.0 Å². The summed E-state index contributed by atoms with van der Waals surface area (Å²) in [4.78, 5) is 29.1. The zero-order valence-electron chi connectivity index (χ0n) is 16.5. The molecule has 0 radical (unpaired) electrons. The highest BCUT2D eigenvalue weighted by Gasteiger charge is 2.17. The van der Waals surface area contributed by atoms with Crippen LogP contribution < -0.4 is 10.9 Å². The predicted molar refractivity (Wildman–Crippen MR) is 100 cm³/mol. The third-order valence-electron chi connectivity index (χ3n) is 3.82. The summed E-state index contributed by atoms with van der Waals surface area (Å²) in [6.07, 6.45) is 2.39. The van der Waals surface area contributed by atoms with Gasteiger partial charge in [0.15, 0.2) is 5.65 Å². The molecule has 0 unspecified atom stereocenters. The molecule has 26 heavy (non-hydrogen) atoms. The average Bonchev–Trinajstić information content (AvgIpc) is 2.95. The first-order chi connectivity index (χ1) is 12.1. The van der Waals surface area contributed by atoms with Crippen molar-refractivity contribution >= 4 is 17.1 Å². The number of ether oxygens (including phenoxy) is 1. The van der Waals surface area contributed by atoms with Gasteiger partial charge < -0.3 is 10.1 Å². The van der Waals surface area contributed by atoms with Crippen molar-refractivity contribution in [3.05, 3.63) is 22.4 Å². The van der Waals surface area contributed by atoms with Gasteiger partial charge in [-0.3, -0.25) is 9.36 Å². The first-order valence-electron chi connectivity index (χ1n) is 9.07. The van der Waals surface area contributed by atoms with Crippen molar-refractivity contribution in [3.63, 3.8) is 0 Å². The minimum atomic E-state index is -0.526. The van der Waals surface area contributed by atoms with Crippen LogP contribution in [-0.4, -0.2) is 37.6 Å². The Hall–Kier alpha value is -2.38. The maximum Gasteiger partial charge on any atom is 0.407 e. The Morgan fingerprint density at radius 1 is 1.35 bits per heavy atom. The van der Waals surface area contributed by atoms with Gasteiger partial charge in [-0.05, 0) is 41.0 Å². The van der Waals surface area contributed by atoms with E-state index in [9.17, 15) is 9.59 Å². The molecule has 8 nitrogen and oxygen atoms in total. The van der Waals surface area contributed by atoms with E-state index in [2.05, 4.69) is 15.4 Å². The van der Waals surface area contributed by atoms with Crippen LogP contribution in [-0.2, 0) is 17.7 Å². The SMILES string of the molecule is CCc1nc2c(cnn2C(C)C)c(=O)n1CCCNC(=O)OC(C)(C)C. The molecular formula is C18H29N5O3. The highest BCUT2D eigenvalue weighted by atomic mass is 16.6. The lowest BCUT2D eigenvalue weighted by Gasteiger charge is -2.19. The summed E-state index contributed by atoms with van der Waals surface area (Å²) in [6.45, 7) is 12.3. The minimum Gasteiger partial charge on any atom is -0.444 e. The van der Waals surface area contributed by atoms with Gasteiger partial charge in [-0.15, -0.1) is 0 Å². The first-order valence-corrected chi connectivity index (χ1v) is 9.07. The van der Waals surface area contributed by atoms with Crippen LogP contribution >= 0.6 is 0 Å². The Balaban J connectivity index is 2.11. The van der Waals surface area contributed by atoms with E-state index in [1.807, 2.05) is 41.5 Å². The van der Waals surface area contributed by atoms with Crippen molar-refractivity contribution in [2.24, 2.45) is 0 Å². The van der Waals surface area contributed by atoms with Crippen molar-refractivity contribution in [2.75, 3.05) is 6.54 Å². The zero-order chi connectivity index (χ0) is 19.5. The number of aryl methyl sites for hydroxylation is 1. The smallest absolute Gasteiger partial charge is 0.407 e. The molecule has 0 aromatic carbocycles. The first kappa shape index (κ1) is 19.9. The molecule has 2 rings (SSSR count). The number of nitrogens with one attached hydrogen (secondary N) is 1. The van der Waals surface area contributed by atoms with Gasteiger partial charge in [0.25, 0.3) is 5.56 Å². The summed E-state index contributed by atoms with van der Waals surface area (Å²) < 4.78 is 8.64. The summed E-state index contributed by atoms with van der Waals surface area (Å²) in [5, 5.41) is 7.53. The van der Waals surface area contributed by atoms with E-state index in [-0.39, 0.29) is 11.6 Å². The second kappa shape index (κ2) is 7.88. The number of fused-ring (bicyclic) bond motifs is 1. The number of rotatable bonds is 6. The van der Waals surface area contributed by atoms with E-state index in [1.54, 1.807) is 15.4 Å². The number of hydrogen-bond donors (Lipinski definition) is 1. The van der Waals surface area contributed by atoms with Crippen molar-refractivity contribution in [3.8, 4) is 0 Å². The highest BCUT2D eigenvalue weighted by molar-refractivity contribution is 5.73. The average molecular weight is 363 g/mol. The Labute approximate surface area is 153 Å². The fourth-order valence-electron chi connectivity index (χ4n) is 2.68. The molecule has 1 amide bonds. The Morgan fingerprint density at radius 2 is 2.04 bits per heavy atom. The zero-order valence-corrected chi connectivity index (χ0v) is 16.5. The molecule has 0 spiro atoms. The lowest BCUT2D eigenvalue weighted by atomic mass is 10.2. The molecule has 0 aliphatic carbocycles. The van der Waals surface area contributed by atoms with Crippen LogP contribution in [0, 0.1) is 0 Å². The van der Waals surface area contributed by atoms with E-state index < -0.39 is 11.7 Å². The molecule has 2 aromatic rings. The van der Waals surface area contributed by atoms with Crippen molar-refractivity contribution in [1.29, 1.82) is 0 Å². The Morgan fingerprint density at radius 3 is 2.62 bits per heavy atom. The third kappa shape index (κ3) is 4.62. The molecule has 8 heteroatoms. The molecule has 0 aliphatic rings. The molecule has 1 N–H and O–H groups in total. The van der Waals surface area contributed by atoms with Crippen molar-refractivity contribution in [2.45, 2.75) is 72.6 Å². The van der Waals surface area contributed by atoms with Crippen LogP contribution in [0.25, 0.3) is 11.0 Å². The monoisotopic (exact) mass is 363 g/mol. The number of hydrogen-bond acceptors (Lipinski definition) is 5. The van der Waals surface area contributed by atoms with Gasteiger partial charge in [-0.25, -0.2) is 14.5 Å².